The van der Waals surface area contributed by atoms with Crippen molar-refractivity contribution in [1.29, 1.82) is 0 Å². The van der Waals surface area contributed by atoms with E-state index in [0.29, 0.717) is 6.42 Å². The van der Waals surface area contributed by atoms with Gasteiger partial charge in [-0.1, -0.05) is 25.5 Å². The molecule has 1 saturated heterocycles. The van der Waals surface area contributed by atoms with Crippen molar-refractivity contribution in [3.05, 3.63) is 11.6 Å². The van der Waals surface area contributed by atoms with Crippen molar-refractivity contribution >= 4 is 0 Å². The average Bonchev–Trinajstić information content (AvgIpc) is 2.50. The van der Waals surface area contributed by atoms with E-state index in [9.17, 15) is 25.5 Å². The monoisotopic (exact) mass is 332 g/mol. The van der Waals surface area contributed by atoms with Gasteiger partial charge in [-0.05, 0) is 25.7 Å². The molecule has 0 bridgehead atoms. The van der Waals surface area contributed by atoms with Gasteiger partial charge in [0.05, 0.1) is 6.61 Å². The van der Waals surface area contributed by atoms with E-state index in [-0.39, 0.29) is 5.92 Å². The van der Waals surface area contributed by atoms with Gasteiger partial charge in [-0.25, -0.2) is 0 Å². The molecule has 0 aromatic carbocycles. The van der Waals surface area contributed by atoms with Crippen LogP contribution in [0.15, 0.2) is 11.6 Å². The standard InChI is InChI=1S/C16H28O7/c1-8(2)16(5-4-9(3)6-11(16)18)23-15-14(21)13(20)12(19)10(7-17)22-15/h6,8,10-15,17-21H,4-5,7H2,1-3H3/t10-,11+,12-,13+,14-,15+,16-/m1/s1. The Bertz CT molecular complexity index is 436. The molecule has 134 valence electrons. The van der Waals surface area contributed by atoms with Crippen LogP contribution in [0.25, 0.3) is 0 Å². The first-order chi connectivity index (χ1) is 10.7. The summed E-state index contributed by atoms with van der Waals surface area (Å²) in [4.78, 5) is 0. The summed E-state index contributed by atoms with van der Waals surface area (Å²) < 4.78 is 11.4. The fraction of sp³-hybridized carbons (Fsp3) is 0.875. The first-order valence-electron chi connectivity index (χ1n) is 8.06. The van der Waals surface area contributed by atoms with E-state index in [1.807, 2.05) is 20.8 Å². The lowest BCUT2D eigenvalue weighted by atomic mass is 9.75. The zero-order valence-electron chi connectivity index (χ0n) is 13.8. The minimum Gasteiger partial charge on any atom is -0.394 e. The molecule has 0 saturated carbocycles. The highest BCUT2D eigenvalue weighted by Gasteiger charge is 2.50. The molecule has 0 radical (unpaired) electrons. The lowest BCUT2D eigenvalue weighted by Crippen LogP contribution is -2.63. The maximum Gasteiger partial charge on any atom is 0.187 e. The minimum absolute atomic E-state index is 0.0748. The van der Waals surface area contributed by atoms with E-state index in [2.05, 4.69) is 0 Å². The first kappa shape index (κ1) is 18.8. The van der Waals surface area contributed by atoms with Crippen LogP contribution >= 0.6 is 0 Å². The van der Waals surface area contributed by atoms with Gasteiger partial charge in [0.1, 0.15) is 36.1 Å². The number of aliphatic hydroxyl groups is 5. The summed E-state index contributed by atoms with van der Waals surface area (Å²) in [7, 11) is 0. The van der Waals surface area contributed by atoms with Crippen LogP contribution in [0, 0.1) is 5.92 Å². The van der Waals surface area contributed by atoms with Gasteiger partial charge in [0.25, 0.3) is 0 Å². The van der Waals surface area contributed by atoms with Crippen molar-refractivity contribution in [2.75, 3.05) is 6.61 Å². The van der Waals surface area contributed by atoms with Gasteiger partial charge >= 0.3 is 0 Å². The quantitative estimate of drug-likeness (QED) is 0.432. The smallest absolute Gasteiger partial charge is 0.187 e. The van der Waals surface area contributed by atoms with Crippen molar-refractivity contribution in [3.63, 3.8) is 0 Å². The maximum absolute atomic E-state index is 10.5. The topological polar surface area (TPSA) is 120 Å². The molecule has 2 rings (SSSR count). The SMILES string of the molecule is CC1=C[C@H](O)[C@](O[C@@H]2O[C@H](CO)[C@@H](O)[C@H](O)[C@H]2O)(C(C)C)CC1. The molecule has 2 aliphatic rings. The Hall–Kier alpha value is -0.540. The third-order valence-electron chi connectivity index (χ3n) is 5.01. The zero-order chi connectivity index (χ0) is 17.4. The molecule has 1 heterocycles. The molecular formula is C16H28O7. The third-order valence-corrected chi connectivity index (χ3v) is 5.01. The predicted octanol–water partition coefficient (Wildman–Crippen LogP) is -0.701. The Balaban J connectivity index is 2.23. The fourth-order valence-corrected chi connectivity index (χ4v) is 3.31. The van der Waals surface area contributed by atoms with Crippen LogP contribution < -0.4 is 0 Å². The molecule has 5 N–H and O–H groups in total. The number of aliphatic hydroxyl groups excluding tert-OH is 5. The molecule has 7 nitrogen and oxygen atoms in total. The Morgan fingerprint density at radius 3 is 2.39 bits per heavy atom. The minimum atomic E-state index is -1.49. The Morgan fingerprint density at radius 2 is 1.87 bits per heavy atom. The Morgan fingerprint density at radius 1 is 1.22 bits per heavy atom. The largest absolute Gasteiger partial charge is 0.394 e. The Labute approximate surface area is 136 Å². The lowest BCUT2D eigenvalue weighted by Gasteiger charge is -2.48. The molecule has 23 heavy (non-hydrogen) atoms. The molecule has 0 spiro atoms. The second-order valence-electron chi connectivity index (χ2n) is 6.88. The van der Waals surface area contributed by atoms with E-state index >= 15 is 0 Å². The normalized spacial score (nSPS) is 45.2. The number of rotatable bonds is 4. The van der Waals surface area contributed by atoms with E-state index < -0.39 is 49.0 Å². The maximum atomic E-state index is 10.5. The van der Waals surface area contributed by atoms with Crippen LogP contribution in [0.3, 0.4) is 0 Å². The van der Waals surface area contributed by atoms with Crippen LogP contribution in [0.4, 0.5) is 0 Å². The van der Waals surface area contributed by atoms with Crippen LogP contribution in [0.1, 0.15) is 33.6 Å². The van der Waals surface area contributed by atoms with Gasteiger partial charge in [0, 0.05) is 0 Å². The number of ether oxygens (including phenoxy) is 2. The fourth-order valence-electron chi connectivity index (χ4n) is 3.31. The van der Waals surface area contributed by atoms with Crippen LogP contribution in [-0.2, 0) is 9.47 Å². The number of hydrogen-bond donors (Lipinski definition) is 5. The molecule has 0 unspecified atom stereocenters. The molecule has 1 aliphatic heterocycles. The molecule has 1 fully saturated rings. The summed E-state index contributed by atoms with van der Waals surface area (Å²) in [5.41, 5.74) is 0.0962. The van der Waals surface area contributed by atoms with Crippen molar-refractivity contribution in [1.82, 2.24) is 0 Å². The van der Waals surface area contributed by atoms with E-state index in [1.54, 1.807) is 6.08 Å². The predicted molar refractivity (Wildman–Crippen MR) is 81.4 cm³/mol. The van der Waals surface area contributed by atoms with E-state index in [4.69, 9.17) is 9.47 Å². The number of allylic oxidation sites excluding steroid dienone is 1. The van der Waals surface area contributed by atoms with Crippen molar-refractivity contribution < 1.29 is 35.0 Å². The van der Waals surface area contributed by atoms with Gasteiger partial charge in [-0.15, -0.1) is 0 Å². The van der Waals surface area contributed by atoms with Gasteiger partial charge in [0.2, 0.25) is 0 Å². The van der Waals surface area contributed by atoms with Crippen LogP contribution in [0.2, 0.25) is 0 Å². The van der Waals surface area contributed by atoms with Gasteiger partial charge in [-0.2, -0.15) is 0 Å². The summed E-state index contributed by atoms with van der Waals surface area (Å²) in [6, 6.07) is 0. The lowest BCUT2D eigenvalue weighted by molar-refractivity contribution is -0.341. The molecule has 1 aliphatic carbocycles. The average molecular weight is 332 g/mol. The Kier molecular flexibility index (Phi) is 5.84. The highest BCUT2D eigenvalue weighted by atomic mass is 16.7. The van der Waals surface area contributed by atoms with Crippen molar-refractivity contribution in [2.45, 2.75) is 76.0 Å². The molecular weight excluding hydrogens is 304 g/mol. The summed E-state index contributed by atoms with van der Waals surface area (Å²) in [6.07, 6.45) is -4.51. The van der Waals surface area contributed by atoms with Gasteiger partial charge in [0.15, 0.2) is 6.29 Å². The van der Waals surface area contributed by atoms with E-state index in [1.165, 1.54) is 0 Å². The highest BCUT2D eigenvalue weighted by molar-refractivity contribution is 5.15. The van der Waals surface area contributed by atoms with Gasteiger partial charge in [-0.3, -0.25) is 0 Å². The second kappa shape index (κ2) is 7.14. The summed E-state index contributed by atoms with van der Waals surface area (Å²) >= 11 is 0. The summed E-state index contributed by atoms with van der Waals surface area (Å²) in [5.74, 6) is -0.0748. The van der Waals surface area contributed by atoms with E-state index in [0.717, 1.165) is 12.0 Å². The molecule has 7 heteroatoms. The molecule has 7 atom stereocenters. The second-order valence-corrected chi connectivity index (χ2v) is 6.88. The summed E-state index contributed by atoms with van der Waals surface area (Å²) in [6.45, 7) is 5.23. The van der Waals surface area contributed by atoms with Crippen molar-refractivity contribution in [3.8, 4) is 0 Å². The molecule has 0 aromatic rings. The first-order valence-corrected chi connectivity index (χ1v) is 8.06. The van der Waals surface area contributed by atoms with Crippen molar-refractivity contribution in [2.24, 2.45) is 5.92 Å². The highest BCUT2D eigenvalue weighted by Crippen LogP contribution is 2.40. The number of hydrogen-bond acceptors (Lipinski definition) is 7. The molecule has 0 aromatic heterocycles. The third kappa shape index (κ3) is 3.46. The van der Waals surface area contributed by atoms with Gasteiger partial charge < -0.3 is 35.0 Å². The molecule has 0 amide bonds. The van der Waals surface area contributed by atoms with Crippen LogP contribution in [-0.4, -0.2) is 74.6 Å². The van der Waals surface area contributed by atoms with Crippen LogP contribution in [0.5, 0.6) is 0 Å². The summed E-state index contributed by atoms with van der Waals surface area (Å²) in [5, 5.41) is 49.6. The zero-order valence-corrected chi connectivity index (χ0v) is 13.8.